The highest BCUT2D eigenvalue weighted by atomic mass is 16.6. The minimum absolute atomic E-state index is 0.0606. The van der Waals surface area contributed by atoms with Gasteiger partial charge in [0.25, 0.3) is 5.91 Å². The third kappa shape index (κ3) is 2.17. The zero-order valence-corrected chi connectivity index (χ0v) is 12.9. The maximum Gasteiger partial charge on any atom is 0.418 e. The highest BCUT2D eigenvalue weighted by Gasteiger charge is 2.55. The summed E-state index contributed by atoms with van der Waals surface area (Å²) in [6.07, 6.45) is 2.49. The Balaban J connectivity index is 1.65. The molecule has 1 saturated heterocycles. The van der Waals surface area contributed by atoms with Crippen molar-refractivity contribution in [3.8, 4) is 0 Å². The normalized spacial score (nSPS) is 19.8. The molecule has 1 aliphatic heterocycles. The van der Waals surface area contributed by atoms with Crippen LogP contribution in [0.4, 0.5) is 4.79 Å². The van der Waals surface area contributed by atoms with E-state index in [0.717, 1.165) is 34.3 Å². The SMILES string of the molecule is Cc1nc(CN2C(=O)OC3(CCCC3)C2=O)nc2ccccc12. The third-order valence-electron chi connectivity index (χ3n) is 4.69. The van der Waals surface area contributed by atoms with Crippen molar-refractivity contribution in [1.29, 1.82) is 0 Å². The van der Waals surface area contributed by atoms with Crippen LogP contribution < -0.4 is 0 Å². The molecule has 6 heteroatoms. The Morgan fingerprint density at radius 2 is 1.91 bits per heavy atom. The first-order chi connectivity index (χ1) is 11.1. The van der Waals surface area contributed by atoms with Crippen LogP contribution in [0.1, 0.15) is 37.2 Å². The van der Waals surface area contributed by atoms with Crippen LogP contribution in [0.25, 0.3) is 10.9 Å². The number of imide groups is 1. The lowest BCUT2D eigenvalue weighted by molar-refractivity contribution is -0.136. The number of nitrogens with zero attached hydrogens (tertiary/aromatic N) is 3. The van der Waals surface area contributed by atoms with E-state index in [1.165, 1.54) is 0 Å². The van der Waals surface area contributed by atoms with Crippen molar-refractivity contribution in [3.05, 3.63) is 35.8 Å². The molecule has 0 radical (unpaired) electrons. The van der Waals surface area contributed by atoms with Crippen LogP contribution in [0.15, 0.2) is 24.3 Å². The van der Waals surface area contributed by atoms with Crippen molar-refractivity contribution in [1.82, 2.24) is 14.9 Å². The summed E-state index contributed by atoms with van der Waals surface area (Å²) < 4.78 is 5.41. The molecule has 1 aliphatic carbocycles. The van der Waals surface area contributed by atoms with Crippen LogP contribution in [0, 0.1) is 6.92 Å². The van der Waals surface area contributed by atoms with Gasteiger partial charge in [0.1, 0.15) is 5.82 Å². The Morgan fingerprint density at radius 3 is 2.70 bits per heavy atom. The van der Waals surface area contributed by atoms with Crippen molar-refractivity contribution in [2.75, 3.05) is 0 Å². The Morgan fingerprint density at radius 1 is 1.17 bits per heavy atom. The molecule has 4 rings (SSSR count). The molecular formula is C17H17N3O3. The predicted molar refractivity (Wildman–Crippen MR) is 82.5 cm³/mol. The van der Waals surface area contributed by atoms with Gasteiger partial charge in [0, 0.05) is 11.1 Å². The van der Waals surface area contributed by atoms with Gasteiger partial charge in [0.2, 0.25) is 0 Å². The summed E-state index contributed by atoms with van der Waals surface area (Å²) in [5, 5.41) is 0.971. The molecule has 2 fully saturated rings. The molecule has 23 heavy (non-hydrogen) atoms. The van der Waals surface area contributed by atoms with Crippen LogP contribution in [-0.4, -0.2) is 32.5 Å². The average molecular weight is 311 g/mol. The van der Waals surface area contributed by atoms with E-state index in [9.17, 15) is 9.59 Å². The van der Waals surface area contributed by atoms with E-state index < -0.39 is 11.7 Å². The molecular weight excluding hydrogens is 294 g/mol. The molecule has 118 valence electrons. The zero-order valence-electron chi connectivity index (χ0n) is 12.9. The van der Waals surface area contributed by atoms with Gasteiger partial charge in [-0.25, -0.2) is 19.7 Å². The van der Waals surface area contributed by atoms with E-state index in [-0.39, 0.29) is 12.5 Å². The average Bonchev–Trinajstić information content (AvgIpc) is 3.09. The van der Waals surface area contributed by atoms with Crippen molar-refractivity contribution in [2.45, 2.75) is 44.8 Å². The van der Waals surface area contributed by atoms with E-state index in [0.29, 0.717) is 18.7 Å². The third-order valence-corrected chi connectivity index (χ3v) is 4.69. The number of para-hydroxylation sites is 1. The first kappa shape index (κ1) is 14.1. The van der Waals surface area contributed by atoms with Crippen molar-refractivity contribution < 1.29 is 14.3 Å². The number of ether oxygens (including phenoxy) is 1. The summed E-state index contributed by atoms with van der Waals surface area (Å²) in [5.41, 5.74) is 0.718. The summed E-state index contributed by atoms with van der Waals surface area (Å²) in [6.45, 7) is 1.96. The van der Waals surface area contributed by atoms with E-state index >= 15 is 0 Å². The Labute approximate surface area is 133 Å². The highest BCUT2D eigenvalue weighted by Crippen LogP contribution is 2.39. The van der Waals surface area contributed by atoms with Gasteiger partial charge >= 0.3 is 6.09 Å². The molecule has 2 heterocycles. The molecule has 2 amide bonds. The second kappa shape index (κ2) is 5.01. The van der Waals surface area contributed by atoms with Crippen molar-refractivity contribution in [3.63, 3.8) is 0 Å². The van der Waals surface area contributed by atoms with E-state index in [2.05, 4.69) is 9.97 Å². The number of hydrogen-bond donors (Lipinski definition) is 0. The van der Waals surface area contributed by atoms with Crippen LogP contribution in [0.2, 0.25) is 0 Å². The number of hydrogen-bond acceptors (Lipinski definition) is 5. The highest BCUT2D eigenvalue weighted by molar-refractivity contribution is 6.03. The van der Waals surface area contributed by atoms with Gasteiger partial charge < -0.3 is 4.74 Å². The quantitative estimate of drug-likeness (QED) is 0.852. The standard InChI is InChI=1S/C17H17N3O3/c1-11-12-6-2-3-7-13(12)19-14(18-11)10-20-15(21)17(23-16(20)22)8-4-5-9-17/h2-3,6-7H,4-5,8-10H2,1H3. The number of aryl methyl sites for hydroxylation is 1. The minimum atomic E-state index is -0.928. The van der Waals surface area contributed by atoms with Crippen LogP contribution in [-0.2, 0) is 16.1 Å². The van der Waals surface area contributed by atoms with Gasteiger partial charge in [0.05, 0.1) is 12.1 Å². The van der Waals surface area contributed by atoms with E-state index in [1.807, 2.05) is 31.2 Å². The molecule has 1 aromatic heterocycles. The topological polar surface area (TPSA) is 72.4 Å². The summed E-state index contributed by atoms with van der Waals surface area (Å²) in [6, 6.07) is 7.69. The number of rotatable bonds is 2. The van der Waals surface area contributed by atoms with Crippen LogP contribution >= 0.6 is 0 Å². The Bertz CT molecular complexity index is 812. The molecule has 2 aromatic rings. The predicted octanol–water partition coefficient (Wildman–Crippen LogP) is 2.73. The monoisotopic (exact) mass is 311 g/mol. The van der Waals surface area contributed by atoms with Crippen molar-refractivity contribution in [2.24, 2.45) is 0 Å². The Kier molecular flexibility index (Phi) is 3.07. The fourth-order valence-electron chi connectivity index (χ4n) is 3.50. The second-order valence-electron chi connectivity index (χ2n) is 6.20. The van der Waals surface area contributed by atoms with E-state index in [1.54, 1.807) is 0 Å². The molecule has 0 unspecified atom stereocenters. The lowest BCUT2D eigenvalue weighted by atomic mass is 10.0. The maximum absolute atomic E-state index is 12.6. The molecule has 0 bridgehead atoms. The van der Waals surface area contributed by atoms with Gasteiger partial charge in [-0.05, 0) is 38.7 Å². The number of amides is 2. The smallest absolute Gasteiger partial charge is 0.418 e. The second-order valence-corrected chi connectivity index (χ2v) is 6.20. The van der Waals surface area contributed by atoms with E-state index in [4.69, 9.17) is 4.74 Å². The molecule has 0 atom stereocenters. The first-order valence-corrected chi connectivity index (χ1v) is 7.86. The summed E-state index contributed by atoms with van der Waals surface area (Å²) in [7, 11) is 0. The van der Waals surface area contributed by atoms with Gasteiger partial charge in [0.15, 0.2) is 5.60 Å². The summed E-state index contributed by atoms with van der Waals surface area (Å²) in [5.74, 6) is 0.218. The van der Waals surface area contributed by atoms with Crippen molar-refractivity contribution >= 4 is 22.9 Å². The summed E-state index contributed by atoms with van der Waals surface area (Å²) in [4.78, 5) is 34.8. The maximum atomic E-state index is 12.6. The zero-order chi connectivity index (χ0) is 16.0. The minimum Gasteiger partial charge on any atom is -0.432 e. The van der Waals surface area contributed by atoms with Crippen LogP contribution in [0.3, 0.4) is 0 Å². The molecule has 6 nitrogen and oxygen atoms in total. The molecule has 1 spiro atoms. The number of benzene rings is 1. The van der Waals surface area contributed by atoms with Gasteiger partial charge in [-0.3, -0.25) is 4.79 Å². The molecule has 1 aromatic carbocycles. The fourth-order valence-corrected chi connectivity index (χ4v) is 3.50. The largest absolute Gasteiger partial charge is 0.432 e. The molecule has 2 aliphatic rings. The first-order valence-electron chi connectivity index (χ1n) is 7.86. The molecule has 1 saturated carbocycles. The number of carbonyl (C=O) groups excluding carboxylic acids is 2. The lowest BCUT2D eigenvalue weighted by Gasteiger charge is -2.17. The lowest BCUT2D eigenvalue weighted by Crippen LogP contribution is -2.38. The van der Waals surface area contributed by atoms with Crippen LogP contribution in [0.5, 0.6) is 0 Å². The summed E-state index contributed by atoms with van der Waals surface area (Å²) >= 11 is 0. The number of aromatic nitrogens is 2. The number of carbonyl (C=O) groups is 2. The Hall–Kier alpha value is -2.50. The number of fused-ring (bicyclic) bond motifs is 1. The van der Waals surface area contributed by atoms with Gasteiger partial charge in [-0.1, -0.05) is 18.2 Å². The fraction of sp³-hybridized carbons (Fsp3) is 0.412. The van der Waals surface area contributed by atoms with Gasteiger partial charge in [-0.2, -0.15) is 0 Å². The molecule has 0 N–H and O–H groups in total. The van der Waals surface area contributed by atoms with Gasteiger partial charge in [-0.15, -0.1) is 0 Å².